The number of carbonyl (C=O) groups excluding carboxylic acids is 1. The van der Waals surface area contributed by atoms with Gasteiger partial charge in [0.05, 0.1) is 6.54 Å². The lowest BCUT2D eigenvalue weighted by Gasteiger charge is -2.11. The molecule has 0 spiro atoms. The third kappa shape index (κ3) is 4.68. The van der Waals surface area contributed by atoms with Gasteiger partial charge in [0, 0.05) is 30.5 Å². The molecule has 7 heteroatoms. The summed E-state index contributed by atoms with van der Waals surface area (Å²) in [4.78, 5) is 27.1. The molecule has 0 aliphatic carbocycles. The molecule has 1 aromatic heterocycles. The average molecular weight is 323 g/mol. The van der Waals surface area contributed by atoms with Crippen molar-refractivity contribution >= 4 is 24.0 Å². The van der Waals surface area contributed by atoms with Gasteiger partial charge in [-0.1, -0.05) is 19.1 Å². The number of benzene rings is 1. The number of hydrogen-bond donors (Lipinski definition) is 2. The average Bonchev–Trinajstić information content (AvgIpc) is 2.49. The minimum absolute atomic E-state index is 0. The predicted molar refractivity (Wildman–Crippen MR) is 88.1 cm³/mol. The lowest BCUT2D eigenvalue weighted by molar-refractivity contribution is -0.119. The molecule has 0 fully saturated rings. The van der Waals surface area contributed by atoms with Gasteiger partial charge in [-0.25, -0.2) is 9.78 Å². The van der Waals surface area contributed by atoms with E-state index in [2.05, 4.69) is 10.3 Å². The molecule has 0 bridgehead atoms. The van der Waals surface area contributed by atoms with E-state index < -0.39 is 0 Å². The summed E-state index contributed by atoms with van der Waals surface area (Å²) in [6.07, 6.45) is 3.14. The van der Waals surface area contributed by atoms with E-state index in [1.165, 1.54) is 10.8 Å². The first kappa shape index (κ1) is 17.9. The number of aromatic nitrogens is 2. The Morgan fingerprint density at radius 2 is 2.18 bits per heavy atom. The second-order valence-corrected chi connectivity index (χ2v) is 4.86. The quantitative estimate of drug-likeness (QED) is 0.866. The molecule has 0 aliphatic rings. The number of nitrogens with one attached hydrogen (secondary N) is 1. The highest BCUT2D eigenvalue weighted by Crippen LogP contribution is 2.12. The van der Waals surface area contributed by atoms with Gasteiger partial charge in [-0.2, -0.15) is 0 Å². The SMILES string of the molecule is CC(CN)C(=O)Nc1cccc(Cn2cccnc2=O)c1.Cl. The van der Waals surface area contributed by atoms with E-state index in [1.54, 1.807) is 25.3 Å². The van der Waals surface area contributed by atoms with E-state index in [0.29, 0.717) is 18.8 Å². The number of amides is 1. The molecule has 2 rings (SSSR count). The van der Waals surface area contributed by atoms with Crippen LogP contribution < -0.4 is 16.7 Å². The molecule has 1 aromatic carbocycles. The van der Waals surface area contributed by atoms with Gasteiger partial charge in [-0.3, -0.25) is 9.36 Å². The summed E-state index contributed by atoms with van der Waals surface area (Å²) in [6.45, 7) is 2.48. The normalized spacial score (nSPS) is 11.4. The van der Waals surface area contributed by atoms with Gasteiger partial charge in [0.1, 0.15) is 0 Å². The van der Waals surface area contributed by atoms with Crippen molar-refractivity contribution < 1.29 is 4.79 Å². The summed E-state index contributed by atoms with van der Waals surface area (Å²) < 4.78 is 1.50. The Labute approximate surface area is 134 Å². The summed E-state index contributed by atoms with van der Waals surface area (Å²) in [7, 11) is 0. The number of nitrogens with zero attached hydrogens (tertiary/aromatic N) is 2. The van der Waals surface area contributed by atoms with Crippen molar-refractivity contribution in [3.63, 3.8) is 0 Å². The van der Waals surface area contributed by atoms with Gasteiger partial charge in [0.2, 0.25) is 5.91 Å². The van der Waals surface area contributed by atoms with Crippen LogP contribution in [0.2, 0.25) is 0 Å². The zero-order valence-corrected chi connectivity index (χ0v) is 13.0. The van der Waals surface area contributed by atoms with Crippen molar-refractivity contribution in [2.24, 2.45) is 11.7 Å². The van der Waals surface area contributed by atoms with E-state index in [9.17, 15) is 9.59 Å². The third-order valence-corrected chi connectivity index (χ3v) is 3.13. The Morgan fingerprint density at radius 3 is 2.86 bits per heavy atom. The topological polar surface area (TPSA) is 90.0 Å². The van der Waals surface area contributed by atoms with Crippen LogP contribution in [0, 0.1) is 5.92 Å². The van der Waals surface area contributed by atoms with Crippen LogP contribution in [0.25, 0.3) is 0 Å². The Hall–Kier alpha value is -2.18. The van der Waals surface area contributed by atoms with Crippen LogP contribution in [-0.4, -0.2) is 22.0 Å². The third-order valence-electron chi connectivity index (χ3n) is 3.13. The maximum Gasteiger partial charge on any atom is 0.347 e. The first-order valence-corrected chi connectivity index (χ1v) is 6.71. The molecule has 118 valence electrons. The summed E-state index contributed by atoms with van der Waals surface area (Å²) in [6, 6.07) is 9.06. The molecule has 22 heavy (non-hydrogen) atoms. The highest BCUT2D eigenvalue weighted by Gasteiger charge is 2.10. The first-order chi connectivity index (χ1) is 10.1. The minimum atomic E-state index is -0.302. The predicted octanol–water partition coefficient (Wildman–Crippen LogP) is 1.25. The number of halogens is 1. The van der Waals surface area contributed by atoms with E-state index in [4.69, 9.17) is 5.73 Å². The van der Waals surface area contributed by atoms with Gasteiger partial charge < -0.3 is 11.1 Å². The fourth-order valence-electron chi connectivity index (χ4n) is 1.82. The highest BCUT2D eigenvalue weighted by molar-refractivity contribution is 5.92. The maximum atomic E-state index is 11.8. The zero-order valence-electron chi connectivity index (χ0n) is 12.2. The van der Waals surface area contributed by atoms with E-state index >= 15 is 0 Å². The Morgan fingerprint density at radius 1 is 1.41 bits per heavy atom. The Bertz CT molecular complexity index is 687. The van der Waals surface area contributed by atoms with Crippen LogP contribution in [0.5, 0.6) is 0 Å². The van der Waals surface area contributed by atoms with Crippen LogP contribution in [0.15, 0.2) is 47.5 Å². The lowest BCUT2D eigenvalue weighted by atomic mass is 10.1. The smallest absolute Gasteiger partial charge is 0.330 e. The molecule has 6 nitrogen and oxygen atoms in total. The molecule has 0 saturated carbocycles. The standard InChI is InChI=1S/C15H18N4O2.ClH/c1-11(9-16)14(20)18-13-5-2-4-12(8-13)10-19-7-3-6-17-15(19)21;/h2-8,11H,9-10,16H2,1H3,(H,18,20);1H. The van der Waals surface area contributed by atoms with Crippen molar-refractivity contribution in [3.05, 3.63) is 58.8 Å². The lowest BCUT2D eigenvalue weighted by Crippen LogP contribution is -2.26. The molecule has 1 heterocycles. The van der Waals surface area contributed by atoms with E-state index in [0.717, 1.165) is 5.56 Å². The van der Waals surface area contributed by atoms with Crippen molar-refractivity contribution in [1.29, 1.82) is 0 Å². The van der Waals surface area contributed by atoms with Crippen LogP contribution in [0.4, 0.5) is 5.69 Å². The second-order valence-electron chi connectivity index (χ2n) is 4.86. The van der Waals surface area contributed by atoms with Gasteiger partial charge in [0.25, 0.3) is 0 Å². The van der Waals surface area contributed by atoms with Crippen LogP contribution in [-0.2, 0) is 11.3 Å². The monoisotopic (exact) mass is 322 g/mol. The van der Waals surface area contributed by atoms with Crippen LogP contribution >= 0.6 is 12.4 Å². The van der Waals surface area contributed by atoms with Crippen LogP contribution in [0.3, 0.4) is 0 Å². The number of carbonyl (C=O) groups is 1. The van der Waals surface area contributed by atoms with Gasteiger partial charge in [-0.15, -0.1) is 12.4 Å². The number of hydrogen-bond acceptors (Lipinski definition) is 4. The van der Waals surface area contributed by atoms with Crippen LogP contribution in [0.1, 0.15) is 12.5 Å². The molecular weight excluding hydrogens is 304 g/mol. The Kier molecular flexibility index (Phi) is 6.75. The van der Waals surface area contributed by atoms with Crippen molar-refractivity contribution in [2.45, 2.75) is 13.5 Å². The molecule has 2 aromatic rings. The summed E-state index contributed by atoms with van der Waals surface area (Å²) >= 11 is 0. The molecule has 1 unspecified atom stereocenters. The van der Waals surface area contributed by atoms with Gasteiger partial charge in [-0.05, 0) is 23.8 Å². The van der Waals surface area contributed by atoms with E-state index in [1.807, 2.05) is 18.2 Å². The fraction of sp³-hybridized carbons (Fsp3) is 0.267. The van der Waals surface area contributed by atoms with Crippen molar-refractivity contribution in [1.82, 2.24) is 9.55 Å². The number of rotatable bonds is 5. The van der Waals surface area contributed by atoms with Gasteiger partial charge in [0.15, 0.2) is 0 Å². The molecule has 1 atom stereocenters. The number of anilines is 1. The minimum Gasteiger partial charge on any atom is -0.330 e. The molecule has 1 amide bonds. The molecule has 3 N–H and O–H groups in total. The summed E-state index contributed by atoms with van der Waals surface area (Å²) in [5.74, 6) is -0.359. The van der Waals surface area contributed by atoms with Crippen molar-refractivity contribution in [3.8, 4) is 0 Å². The highest BCUT2D eigenvalue weighted by atomic mass is 35.5. The first-order valence-electron chi connectivity index (χ1n) is 6.71. The molecule has 0 saturated heterocycles. The van der Waals surface area contributed by atoms with Gasteiger partial charge >= 0.3 is 5.69 Å². The largest absolute Gasteiger partial charge is 0.347 e. The Balaban J connectivity index is 0.00000242. The fourth-order valence-corrected chi connectivity index (χ4v) is 1.82. The molecule has 0 radical (unpaired) electrons. The van der Waals surface area contributed by atoms with Crippen molar-refractivity contribution in [2.75, 3.05) is 11.9 Å². The summed E-state index contributed by atoms with van der Waals surface area (Å²) in [5, 5.41) is 2.81. The maximum absolute atomic E-state index is 11.8. The molecule has 0 aliphatic heterocycles. The zero-order chi connectivity index (χ0) is 15.2. The van der Waals surface area contributed by atoms with E-state index in [-0.39, 0.29) is 29.9 Å². The number of nitrogens with two attached hydrogens (primary N) is 1. The second kappa shape index (κ2) is 8.31. The molecular formula is C15H19ClN4O2. The summed E-state index contributed by atoms with van der Waals surface area (Å²) in [5.41, 5.74) is 6.76.